The van der Waals surface area contributed by atoms with Crippen LogP contribution in [0.5, 0.6) is 0 Å². The van der Waals surface area contributed by atoms with Crippen LogP contribution < -0.4 is 10.2 Å². The van der Waals surface area contributed by atoms with Gasteiger partial charge in [0.15, 0.2) is 0 Å². The van der Waals surface area contributed by atoms with Gasteiger partial charge in [-0.1, -0.05) is 11.6 Å². The van der Waals surface area contributed by atoms with Gasteiger partial charge in [-0.05, 0) is 25.1 Å². The summed E-state index contributed by atoms with van der Waals surface area (Å²) in [6, 6.07) is 4.10. The number of aromatic amines is 1. The molecule has 0 saturated carbocycles. The van der Waals surface area contributed by atoms with Crippen molar-refractivity contribution in [3.63, 3.8) is 0 Å². The van der Waals surface area contributed by atoms with Gasteiger partial charge in [0.2, 0.25) is 17.8 Å². The summed E-state index contributed by atoms with van der Waals surface area (Å²) in [6.45, 7) is 1.87. The summed E-state index contributed by atoms with van der Waals surface area (Å²) in [7, 11) is 0. The van der Waals surface area contributed by atoms with E-state index in [9.17, 15) is 14.0 Å². The highest BCUT2D eigenvalue weighted by Crippen LogP contribution is 2.28. The summed E-state index contributed by atoms with van der Waals surface area (Å²) in [5.41, 5.74) is 0.376. The fraction of sp³-hybridized carbons (Fsp3) is 0.286. The molecule has 1 saturated heterocycles. The lowest BCUT2D eigenvalue weighted by Gasteiger charge is -2.16. The average molecular weight is 338 g/mol. The monoisotopic (exact) mass is 337 g/mol. The van der Waals surface area contributed by atoms with Crippen LogP contribution in [0.3, 0.4) is 0 Å². The van der Waals surface area contributed by atoms with Crippen LogP contribution in [0.1, 0.15) is 12.2 Å². The molecule has 1 fully saturated rings. The first-order valence-corrected chi connectivity index (χ1v) is 7.27. The second kappa shape index (κ2) is 5.96. The number of nitrogens with one attached hydrogen (secondary N) is 2. The van der Waals surface area contributed by atoms with Crippen molar-refractivity contribution in [2.75, 3.05) is 16.8 Å². The lowest BCUT2D eigenvalue weighted by molar-refractivity contribution is -0.122. The third-order valence-electron chi connectivity index (χ3n) is 3.54. The second-order valence-corrected chi connectivity index (χ2v) is 5.64. The van der Waals surface area contributed by atoms with Crippen LogP contribution in [-0.2, 0) is 9.59 Å². The van der Waals surface area contributed by atoms with Gasteiger partial charge in [0, 0.05) is 18.7 Å². The zero-order valence-electron chi connectivity index (χ0n) is 12.1. The Morgan fingerprint density at radius 1 is 1.52 bits per heavy atom. The van der Waals surface area contributed by atoms with E-state index in [1.807, 2.05) is 0 Å². The van der Waals surface area contributed by atoms with Crippen molar-refractivity contribution in [2.24, 2.45) is 5.92 Å². The highest BCUT2D eigenvalue weighted by atomic mass is 35.5. The lowest BCUT2D eigenvalue weighted by atomic mass is 10.1. The van der Waals surface area contributed by atoms with Gasteiger partial charge in [-0.15, -0.1) is 5.10 Å². The first-order valence-electron chi connectivity index (χ1n) is 6.89. The molecule has 1 aliphatic heterocycles. The van der Waals surface area contributed by atoms with Crippen LogP contribution in [0.15, 0.2) is 18.2 Å². The van der Waals surface area contributed by atoms with E-state index in [2.05, 4.69) is 20.5 Å². The molecule has 2 aromatic rings. The third-order valence-corrected chi connectivity index (χ3v) is 3.85. The van der Waals surface area contributed by atoms with Gasteiger partial charge in [-0.2, -0.15) is 4.98 Å². The van der Waals surface area contributed by atoms with Crippen LogP contribution in [0.2, 0.25) is 5.02 Å². The molecule has 2 N–H and O–H groups in total. The summed E-state index contributed by atoms with van der Waals surface area (Å²) in [6.07, 6.45) is 0.0412. The molecule has 120 valence electrons. The highest BCUT2D eigenvalue weighted by molar-refractivity contribution is 6.30. The van der Waals surface area contributed by atoms with Crippen LogP contribution in [0, 0.1) is 18.7 Å². The maximum Gasteiger partial charge on any atom is 0.248 e. The smallest absolute Gasteiger partial charge is 0.248 e. The number of halogens is 2. The number of H-pyrrole nitrogens is 1. The van der Waals surface area contributed by atoms with Crippen molar-refractivity contribution < 1.29 is 14.0 Å². The van der Waals surface area contributed by atoms with Crippen LogP contribution in [0.4, 0.5) is 16.0 Å². The number of amides is 2. The van der Waals surface area contributed by atoms with Crippen molar-refractivity contribution in [1.29, 1.82) is 0 Å². The fourth-order valence-corrected chi connectivity index (χ4v) is 2.51. The summed E-state index contributed by atoms with van der Waals surface area (Å²) in [4.78, 5) is 29.6. The van der Waals surface area contributed by atoms with Crippen molar-refractivity contribution in [2.45, 2.75) is 13.3 Å². The Labute approximate surface area is 135 Å². The number of carbonyl (C=O) groups is 2. The van der Waals surface area contributed by atoms with Gasteiger partial charge in [0.05, 0.1) is 10.9 Å². The van der Waals surface area contributed by atoms with E-state index in [-0.39, 0.29) is 35.8 Å². The van der Waals surface area contributed by atoms with E-state index in [1.165, 1.54) is 17.0 Å². The quantitative estimate of drug-likeness (QED) is 0.895. The van der Waals surface area contributed by atoms with Crippen molar-refractivity contribution in [3.8, 4) is 0 Å². The molecule has 3 rings (SSSR count). The van der Waals surface area contributed by atoms with Crippen LogP contribution in [0.25, 0.3) is 0 Å². The molecule has 9 heteroatoms. The zero-order valence-corrected chi connectivity index (χ0v) is 12.9. The molecule has 0 bridgehead atoms. The molecule has 23 heavy (non-hydrogen) atoms. The highest BCUT2D eigenvalue weighted by Gasteiger charge is 2.35. The number of nitrogens with zero attached hydrogens (tertiary/aromatic N) is 3. The molecular weight excluding hydrogens is 325 g/mol. The first-order chi connectivity index (χ1) is 10.9. The normalized spacial score (nSPS) is 17.6. The van der Waals surface area contributed by atoms with E-state index in [0.717, 1.165) is 0 Å². The SMILES string of the molecule is Cc1nc(NC(=O)C2CC(=O)N(c3ccc(Cl)c(F)c3)C2)n[nH]1. The largest absolute Gasteiger partial charge is 0.311 e. The Morgan fingerprint density at radius 3 is 2.96 bits per heavy atom. The molecule has 1 atom stereocenters. The zero-order chi connectivity index (χ0) is 16.6. The number of aromatic nitrogens is 3. The van der Waals surface area contributed by atoms with Crippen LogP contribution >= 0.6 is 11.6 Å². The molecule has 2 amide bonds. The number of hydrogen-bond acceptors (Lipinski definition) is 4. The van der Waals surface area contributed by atoms with Gasteiger partial charge in [0.25, 0.3) is 0 Å². The van der Waals surface area contributed by atoms with Crippen molar-refractivity contribution >= 4 is 35.1 Å². The first kappa shape index (κ1) is 15.4. The summed E-state index contributed by atoms with van der Waals surface area (Å²) in [5.74, 6) is -1.04. The van der Waals surface area contributed by atoms with Gasteiger partial charge in [-0.25, -0.2) is 4.39 Å². The Bertz CT molecular complexity index is 778. The molecule has 0 aliphatic carbocycles. The Hall–Kier alpha value is -2.48. The molecule has 0 radical (unpaired) electrons. The Kier molecular flexibility index (Phi) is 3.99. The summed E-state index contributed by atoms with van der Waals surface area (Å²) >= 11 is 5.64. The van der Waals surface area contributed by atoms with E-state index in [4.69, 9.17) is 11.6 Å². The maximum atomic E-state index is 13.5. The van der Waals surface area contributed by atoms with Crippen molar-refractivity contribution in [1.82, 2.24) is 15.2 Å². The third kappa shape index (κ3) is 3.16. The molecule has 7 nitrogen and oxygen atoms in total. The standard InChI is InChI=1S/C14H13ClFN5O2/c1-7-17-14(20-19-7)18-13(23)8-4-12(22)21(6-8)9-2-3-10(15)11(16)5-9/h2-3,5,8H,4,6H2,1H3,(H2,17,18,19,20,23). The number of anilines is 2. The molecular formula is C14H13ClFN5O2. The van der Waals surface area contributed by atoms with Gasteiger partial charge >= 0.3 is 0 Å². The molecule has 0 spiro atoms. The second-order valence-electron chi connectivity index (χ2n) is 5.24. The van der Waals surface area contributed by atoms with Crippen molar-refractivity contribution in [3.05, 3.63) is 34.9 Å². The van der Waals surface area contributed by atoms with E-state index in [0.29, 0.717) is 11.5 Å². The number of rotatable bonds is 3. The van der Waals surface area contributed by atoms with E-state index < -0.39 is 11.7 Å². The minimum Gasteiger partial charge on any atom is -0.311 e. The van der Waals surface area contributed by atoms with Gasteiger partial charge in [-0.3, -0.25) is 20.0 Å². The van der Waals surface area contributed by atoms with Crippen LogP contribution in [-0.4, -0.2) is 33.5 Å². The molecule has 1 aromatic carbocycles. The number of benzene rings is 1. The molecule has 1 unspecified atom stereocenters. The molecule has 1 aromatic heterocycles. The predicted molar refractivity (Wildman–Crippen MR) is 81.6 cm³/mol. The summed E-state index contributed by atoms with van der Waals surface area (Å²) < 4.78 is 13.5. The van der Waals surface area contributed by atoms with Gasteiger partial charge in [0.1, 0.15) is 11.6 Å². The topological polar surface area (TPSA) is 91.0 Å². The molecule has 2 heterocycles. The summed E-state index contributed by atoms with van der Waals surface area (Å²) in [5, 5.41) is 8.96. The predicted octanol–water partition coefficient (Wildman–Crippen LogP) is 1.90. The van der Waals surface area contributed by atoms with E-state index >= 15 is 0 Å². The number of aryl methyl sites for hydroxylation is 1. The molecule has 1 aliphatic rings. The number of carbonyl (C=O) groups excluding carboxylic acids is 2. The fourth-order valence-electron chi connectivity index (χ4n) is 2.40. The van der Waals surface area contributed by atoms with E-state index in [1.54, 1.807) is 13.0 Å². The minimum absolute atomic E-state index is 0.0188. The number of hydrogen-bond donors (Lipinski definition) is 2. The lowest BCUT2D eigenvalue weighted by Crippen LogP contribution is -2.28. The van der Waals surface area contributed by atoms with Gasteiger partial charge < -0.3 is 4.90 Å². The maximum absolute atomic E-state index is 13.5. The Balaban J connectivity index is 1.71. The average Bonchev–Trinajstić information content (AvgIpc) is 3.08. The Morgan fingerprint density at radius 2 is 2.30 bits per heavy atom. The minimum atomic E-state index is -0.610.